The van der Waals surface area contributed by atoms with E-state index in [4.69, 9.17) is 4.74 Å². The van der Waals surface area contributed by atoms with Crippen molar-refractivity contribution in [1.82, 2.24) is 14.7 Å². The minimum Gasteiger partial charge on any atom is -0.461 e. The number of nitrogens with zero attached hydrogens (tertiary/aromatic N) is 3. The first-order valence-corrected chi connectivity index (χ1v) is 8.12. The minimum atomic E-state index is -0.403. The van der Waals surface area contributed by atoms with Crippen molar-refractivity contribution in [2.75, 3.05) is 26.7 Å². The van der Waals surface area contributed by atoms with Crippen molar-refractivity contribution in [2.45, 2.75) is 45.1 Å². The van der Waals surface area contributed by atoms with E-state index >= 15 is 0 Å². The molecule has 6 nitrogen and oxygen atoms in total. The zero-order valence-electron chi connectivity index (χ0n) is 13.3. The van der Waals surface area contributed by atoms with Gasteiger partial charge in [-0.3, -0.25) is 9.48 Å². The van der Waals surface area contributed by atoms with E-state index in [2.05, 4.69) is 17.0 Å². The van der Waals surface area contributed by atoms with Crippen LogP contribution in [0, 0.1) is 0 Å². The van der Waals surface area contributed by atoms with Crippen LogP contribution in [0.15, 0.2) is 0 Å². The van der Waals surface area contributed by atoms with Gasteiger partial charge in [0.05, 0.1) is 12.6 Å². The number of ether oxygens (including phenoxy) is 1. The summed E-state index contributed by atoms with van der Waals surface area (Å²) in [6, 6.07) is 0.204. The maximum atomic E-state index is 12.4. The molecule has 0 radical (unpaired) electrons. The van der Waals surface area contributed by atoms with E-state index in [9.17, 15) is 9.59 Å². The molecule has 1 aliphatic carbocycles. The molecule has 0 aromatic carbocycles. The molecule has 1 aliphatic heterocycles. The average molecular weight is 305 g/mol. The molecule has 3 rings (SSSR count). The van der Waals surface area contributed by atoms with Crippen molar-refractivity contribution in [3.05, 3.63) is 17.0 Å². The molecule has 0 amide bonds. The molecule has 1 fully saturated rings. The van der Waals surface area contributed by atoms with Crippen molar-refractivity contribution in [1.29, 1.82) is 0 Å². The third kappa shape index (κ3) is 2.67. The largest absolute Gasteiger partial charge is 0.461 e. The standard InChI is InChI=1S/C16H23N3O3/c1-3-22-16(21)14-12-5-4-6-13(20)15(12)19(17-14)11-7-9-18(2)10-8-11/h11H,3-10H2,1-2H3. The van der Waals surface area contributed by atoms with Crippen LogP contribution in [0.25, 0.3) is 0 Å². The average Bonchev–Trinajstić information content (AvgIpc) is 2.89. The van der Waals surface area contributed by atoms with Crippen LogP contribution in [-0.4, -0.2) is 53.2 Å². The van der Waals surface area contributed by atoms with E-state index in [-0.39, 0.29) is 11.8 Å². The van der Waals surface area contributed by atoms with Gasteiger partial charge < -0.3 is 9.64 Å². The number of carbonyl (C=O) groups excluding carboxylic acids is 2. The molecule has 1 aromatic rings. The monoisotopic (exact) mass is 305 g/mol. The summed E-state index contributed by atoms with van der Waals surface area (Å²) in [6.45, 7) is 4.08. The zero-order valence-corrected chi connectivity index (χ0v) is 13.3. The predicted molar refractivity (Wildman–Crippen MR) is 81.2 cm³/mol. The summed E-state index contributed by atoms with van der Waals surface area (Å²) in [5, 5.41) is 4.51. The van der Waals surface area contributed by atoms with Crippen LogP contribution in [0.1, 0.15) is 65.2 Å². The summed E-state index contributed by atoms with van der Waals surface area (Å²) in [7, 11) is 2.10. The highest BCUT2D eigenvalue weighted by Gasteiger charge is 2.33. The molecule has 0 atom stereocenters. The molecule has 0 unspecified atom stereocenters. The molecule has 0 saturated carbocycles. The van der Waals surface area contributed by atoms with Crippen molar-refractivity contribution in [3.63, 3.8) is 0 Å². The minimum absolute atomic E-state index is 0.114. The van der Waals surface area contributed by atoms with Crippen LogP contribution >= 0.6 is 0 Å². The fourth-order valence-electron chi connectivity index (χ4n) is 3.41. The van der Waals surface area contributed by atoms with Crippen LogP contribution in [-0.2, 0) is 11.2 Å². The summed E-state index contributed by atoms with van der Waals surface area (Å²) in [5.74, 6) is -0.289. The van der Waals surface area contributed by atoms with Crippen molar-refractivity contribution in [2.24, 2.45) is 0 Å². The lowest BCUT2D eigenvalue weighted by atomic mass is 9.94. The molecule has 6 heteroatoms. The van der Waals surface area contributed by atoms with E-state index in [1.807, 2.05) is 4.68 Å². The predicted octanol–water partition coefficient (Wildman–Crippen LogP) is 1.85. The summed E-state index contributed by atoms with van der Waals surface area (Å²) in [4.78, 5) is 26.8. The van der Waals surface area contributed by atoms with Gasteiger partial charge in [0, 0.05) is 12.0 Å². The van der Waals surface area contributed by atoms with Gasteiger partial charge in [0.15, 0.2) is 11.5 Å². The first-order valence-electron chi connectivity index (χ1n) is 8.12. The Balaban J connectivity index is 1.99. The van der Waals surface area contributed by atoms with Crippen molar-refractivity contribution in [3.8, 4) is 0 Å². The summed E-state index contributed by atoms with van der Waals surface area (Å²) >= 11 is 0. The summed E-state index contributed by atoms with van der Waals surface area (Å²) < 4.78 is 6.94. The number of ketones is 1. The smallest absolute Gasteiger partial charge is 0.359 e. The maximum Gasteiger partial charge on any atom is 0.359 e. The van der Waals surface area contributed by atoms with Gasteiger partial charge >= 0.3 is 5.97 Å². The Bertz CT molecular complexity index is 586. The first kappa shape index (κ1) is 15.2. The highest BCUT2D eigenvalue weighted by molar-refractivity contribution is 6.00. The van der Waals surface area contributed by atoms with Crippen LogP contribution < -0.4 is 0 Å². The zero-order chi connectivity index (χ0) is 15.7. The fourth-order valence-corrected chi connectivity index (χ4v) is 3.41. The number of rotatable bonds is 3. The van der Waals surface area contributed by atoms with Gasteiger partial charge in [0.25, 0.3) is 0 Å². The number of fused-ring (bicyclic) bond motifs is 1. The molecule has 22 heavy (non-hydrogen) atoms. The molecular weight excluding hydrogens is 282 g/mol. The van der Waals surface area contributed by atoms with E-state index in [1.165, 1.54) is 0 Å². The van der Waals surface area contributed by atoms with Crippen molar-refractivity contribution < 1.29 is 14.3 Å². The highest BCUT2D eigenvalue weighted by atomic mass is 16.5. The lowest BCUT2D eigenvalue weighted by Crippen LogP contribution is -2.33. The Morgan fingerprint density at radius 1 is 1.32 bits per heavy atom. The third-order valence-corrected chi connectivity index (χ3v) is 4.61. The van der Waals surface area contributed by atoms with Crippen molar-refractivity contribution >= 4 is 11.8 Å². The second-order valence-electron chi connectivity index (χ2n) is 6.15. The lowest BCUT2D eigenvalue weighted by Gasteiger charge is -2.30. The second kappa shape index (κ2) is 6.20. The normalized spacial score (nSPS) is 20.0. The maximum absolute atomic E-state index is 12.4. The Morgan fingerprint density at radius 3 is 2.73 bits per heavy atom. The topological polar surface area (TPSA) is 64.4 Å². The van der Waals surface area contributed by atoms with Crippen LogP contribution in [0.3, 0.4) is 0 Å². The number of likely N-dealkylation sites (tertiary alicyclic amines) is 1. The van der Waals surface area contributed by atoms with Gasteiger partial charge in [-0.25, -0.2) is 4.79 Å². The molecule has 120 valence electrons. The van der Waals surface area contributed by atoms with E-state index < -0.39 is 5.97 Å². The van der Waals surface area contributed by atoms with Gasteiger partial charge in [-0.2, -0.15) is 5.10 Å². The fraction of sp³-hybridized carbons (Fsp3) is 0.688. The molecule has 0 bridgehead atoms. The number of hydrogen-bond acceptors (Lipinski definition) is 5. The number of Topliss-reactive ketones (excluding diaryl/α,β-unsaturated/α-hetero) is 1. The van der Waals surface area contributed by atoms with Gasteiger partial charge in [-0.05, 0) is 52.7 Å². The molecule has 2 aliphatic rings. The molecule has 1 aromatic heterocycles. The van der Waals surface area contributed by atoms with E-state index in [0.717, 1.165) is 44.3 Å². The number of piperidine rings is 1. The number of hydrogen-bond donors (Lipinski definition) is 0. The van der Waals surface area contributed by atoms with Crippen LogP contribution in [0.2, 0.25) is 0 Å². The van der Waals surface area contributed by atoms with Crippen LogP contribution in [0.4, 0.5) is 0 Å². The Hall–Kier alpha value is -1.69. The van der Waals surface area contributed by atoms with E-state index in [1.54, 1.807) is 6.92 Å². The van der Waals surface area contributed by atoms with Gasteiger partial charge in [0.2, 0.25) is 0 Å². The van der Waals surface area contributed by atoms with Gasteiger partial charge in [-0.1, -0.05) is 0 Å². The third-order valence-electron chi connectivity index (χ3n) is 4.61. The number of esters is 1. The number of aromatic nitrogens is 2. The van der Waals surface area contributed by atoms with Gasteiger partial charge in [0.1, 0.15) is 5.69 Å². The molecule has 0 spiro atoms. The number of carbonyl (C=O) groups is 2. The summed E-state index contributed by atoms with van der Waals surface area (Å²) in [6.07, 6.45) is 3.99. The lowest BCUT2D eigenvalue weighted by molar-refractivity contribution is 0.0516. The highest BCUT2D eigenvalue weighted by Crippen LogP contribution is 2.31. The summed E-state index contributed by atoms with van der Waals surface area (Å²) in [5.41, 5.74) is 1.81. The molecular formula is C16H23N3O3. The quantitative estimate of drug-likeness (QED) is 0.797. The molecule has 2 heterocycles. The van der Waals surface area contributed by atoms with Crippen LogP contribution in [0.5, 0.6) is 0 Å². The second-order valence-corrected chi connectivity index (χ2v) is 6.15. The van der Waals surface area contributed by atoms with E-state index in [0.29, 0.717) is 24.4 Å². The SMILES string of the molecule is CCOC(=O)c1nn(C2CCN(C)CC2)c2c1CCCC2=O. The first-order chi connectivity index (χ1) is 10.6. The Labute approximate surface area is 130 Å². The van der Waals surface area contributed by atoms with Gasteiger partial charge in [-0.15, -0.1) is 0 Å². The Kier molecular flexibility index (Phi) is 4.29. The molecule has 0 N–H and O–H groups in total. The molecule has 1 saturated heterocycles. The Morgan fingerprint density at radius 2 is 2.05 bits per heavy atom.